The van der Waals surface area contributed by atoms with E-state index in [1.165, 1.54) is 16.7 Å². The fourth-order valence-electron chi connectivity index (χ4n) is 3.94. The van der Waals surface area contributed by atoms with Crippen LogP contribution in [0.4, 0.5) is 0 Å². The Kier molecular flexibility index (Phi) is 6.81. The molecule has 1 aromatic heterocycles. The van der Waals surface area contributed by atoms with Crippen molar-refractivity contribution in [2.75, 3.05) is 19.9 Å². The average molecular weight is 384 g/mol. The maximum absolute atomic E-state index is 6.15. The van der Waals surface area contributed by atoms with Gasteiger partial charge in [-0.2, -0.15) is 0 Å². The highest BCUT2D eigenvalue weighted by molar-refractivity contribution is 5.28. The normalized spacial score (nSPS) is 15.8. The molecule has 0 amide bonds. The van der Waals surface area contributed by atoms with Crippen LogP contribution in [0, 0.1) is 20.8 Å². The summed E-state index contributed by atoms with van der Waals surface area (Å²) in [5, 5.41) is 3.43. The van der Waals surface area contributed by atoms with Crippen molar-refractivity contribution in [3.63, 3.8) is 0 Å². The maximum atomic E-state index is 6.15. The van der Waals surface area contributed by atoms with Gasteiger partial charge in [-0.05, 0) is 66.1 Å². The summed E-state index contributed by atoms with van der Waals surface area (Å²) in [5.41, 5.74) is 5.38. The van der Waals surface area contributed by atoms with Gasteiger partial charge in [0.05, 0.1) is 17.9 Å². The van der Waals surface area contributed by atoms with E-state index in [-0.39, 0.29) is 6.79 Å². The average Bonchev–Trinajstić information content (AvgIpc) is 2.65. The molecule has 2 heterocycles. The van der Waals surface area contributed by atoms with Crippen LogP contribution in [0.1, 0.15) is 66.4 Å². The SMILES string of the molecule is Cc1cc(C)cc(COCOC(C)(C)c2cnc(C)nc2C2CCNCC2)c1. The van der Waals surface area contributed by atoms with Gasteiger partial charge in [-0.15, -0.1) is 0 Å². The van der Waals surface area contributed by atoms with E-state index >= 15 is 0 Å². The minimum absolute atomic E-state index is 0.236. The molecule has 1 fully saturated rings. The molecule has 0 radical (unpaired) electrons. The first-order chi connectivity index (χ1) is 13.3. The van der Waals surface area contributed by atoms with Crippen molar-refractivity contribution in [1.82, 2.24) is 15.3 Å². The standard InChI is InChI=1S/C23H33N3O2/c1-16-10-17(2)12-19(11-16)14-27-15-28-23(4,5)21-13-25-18(3)26-22(21)20-6-8-24-9-7-20/h10-13,20,24H,6-9,14-15H2,1-5H3. The van der Waals surface area contributed by atoms with Crippen molar-refractivity contribution in [1.29, 1.82) is 0 Å². The van der Waals surface area contributed by atoms with Gasteiger partial charge < -0.3 is 14.8 Å². The predicted octanol–water partition coefficient (Wildman–Crippen LogP) is 4.29. The molecule has 0 unspecified atom stereocenters. The van der Waals surface area contributed by atoms with Gasteiger partial charge in [0.15, 0.2) is 0 Å². The molecule has 0 aliphatic carbocycles. The van der Waals surface area contributed by atoms with Gasteiger partial charge in [-0.25, -0.2) is 9.97 Å². The Morgan fingerprint density at radius 1 is 1.07 bits per heavy atom. The molecular weight excluding hydrogens is 350 g/mol. The van der Waals surface area contributed by atoms with E-state index < -0.39 is 5.60 Å². The Hall–Kier alpha value is -1.82. The molecule has 28 heavy (non-hydrogen) atoms. The van der Waals surface area contributed by atoms with Crippen LogP contribution in [0.2, 0.25) is 0 Å². The zero-order valence-electron chi connectivity index (χ0n) is 17.8. The Balaban J connectivity index is 1.65. The highest BCUT2D eigenvalue weighted by Crippen LogP contribution is 2.34. The van der Waals surface area contributed by atoms with Gasteiger partial charge in [-0.3, -0.25) is 0 Å². The fourth-order valence-corrected chi connectivity index (χ4v) is 3.94. The molecule has 0 atom stereocenters. The van der Waals surface area contributed by atoms with Gasteiger partial charge in [0, 0.05) is 17.7 Å². The molecule has 5 nitrogen and oxygen atoms in total. The molecule has 1 N–H and O–H groups in total. The number of rotatable bonds is 7. The maximum Gasteiger partial charge on any atom is 0.148 e. The van der Waals surface area contributed by atoms with Crippen LogP contribution in [0.15, 0.2) is 24.4 Å². The van der Waals surface area contributed by atoms with Crippen molar-refractivity contribution in [2.45, 2.75) is 65.6 Å². The third-order valence-electron chi connectivity index (χ3n) is 5.37. The smallest absolute Gasteiger partial charge is 0.148 e. The number of nitrogens with one attached hydrogen (secondary N) is 1. The predicted molar refractivity (Wildman–Crippen MR) is 111 cm³/mol. The highest BCUT2D eigenvalue weighted by atomic mass is 16.7. The Labute approximate surface area is 168 Å². The molecule has 2 aromatic rings. The van der Waals surface area contributed by atoms with Gasteiger partial charge in [0.2, 0.25) is 0 Å². The monoisotopic (exact) mass is 383 g/mol. The number of hydrogen-bond acceptors (Lipinski definition) is 5. The van der Waals surface area contributed by atoms with E-state index in [2.05, 4.69) is 56.2 Å². The molecule has 5 heteroatoms. The van der Waals surface area contributed by atoms with Gasteiger partial charge >= 0.3 is 0 Å². The molecule has 0 bridgehead atoms. The van der Waals surface area contributed by atoms with Crippen molar-refractivity contribution in [3.05, 3.63) is 58.2 Å². The van der Waals surface area contributed by atoms with Crippen LogP contribution in [0.25, 0.3) is 0 Å². The lowest BCUT2D eigenvalue weighted by Crippen LogP contribution is -2.31. The van der Waals surface area contributed by atoms with Gasteiger partial charge in [0.25, 0.3) is 0 Å². The Morgan fingerprint density at radius 2 is 1.75 bits per heavy atom. The van der Waals surface area contributed by atoms with Gasteiger partial charge in [0.1, 0.15) is 12.6 Å². The summed E-state index contributed by atoms with van der Waals surface area (Å²) in [6.07, 6.45) is 4.13. The third-order valence-corrected chi connectivity index (χ3v) is 5.37. The van der Waals surface area contributed by atoms with E-state index in [1.807, 2.05) is 13.1 Å². The number of benzene rings is 1. The summed E-state index contributed by atoms with van der Waals surface area (Å²) in [6, 6.07) is 6.48. The van der Waals surface area contributed by atoms with Crippen LogP contribution in [-0.4, -0.2) is 29.9 Å². The minimum atomic E-state index is -0.504. The molecule has 1 saturated heterocycles. The molecule has 1 aromatic carbocycles. The van der Waals surface area contributed by atoms with E-state index in [0.29, 0.717) is 12.5 Å². The molecule has 1 aliphatic rings. The Bertz CT molecular complexity index is 778. The summed E-state index contributed by atoms with van der Waals surface area (Å²) < 4.78 is 12.0. The largest absolute Gasteiger partial charge is 0.351 e. The van der Waals surface area contributed by atoms with Crippen molar-refractivity contribution in [2.24, 2.45) is 0 Å². The summed E-state index contributed by atoms with van der Waals surface area (Å²) in [5.74, 6) is 1.27. The molecule has 0 spiro atoms. The first-order valence-electron chi connectivity index (χ1n) is 10.2. The third kappa shape index (κ3) is 5.37. The summed E-state index contributed by atoms with van der Waals surface area (Å²) in [7, 11) is 0. The number of nitrogens with zero attached hydrogens (tertiary/aromatic N) is 2. The second-order valence-electron chi connectivity index (χ2n) is 8.36. The van der Waals surface area contributed by atoms with Crippen molar-refractivity contribution < 1.29 is 9.47 Å². The fraction of sp³-hybridized carbons (Fsp3) is 0.565. The van der Waals surface area contributed by atoms with Crippen LogP contribution < -0.4 is 5.32 Å². The molecular formula is C23H33N3O2. The highest BCUT2D eigenvalue weighted by Gasteiger charge is 2.30. The van der Waals surface area contributed by atoms with Crippen molar-refractivity contribution in [3.8, 4) is 0 Å². The lowest BCUT2D eigenvalue weighted by atomic mass is 9.86. The summed E-state index contributed by atoms with van der Waals surface area (Å²) in [6.45, 7) is 13.2. The zero-order chi connectivity index (χ0) is 20.1. The Morgan fingerprint density at radius 3 is 2.43 bits per heavy atom. The molecule has 152 valence electrons. The summed E-state index contributed by atoms with van der Waals surface area (Å²) in [4.78, 5) is 9.25. The van der Waals surface area contributed by atoms with Crippen LogP contribution in [0.3, 0.4) is 0 Å². The van der Waals surface area contributed by atoms with E-state index in [1.54, 1.807) is 0 Å². The first kappa shape index (κ1) is 20.9. The number of aromatic nitrogens is 2. The van der Waals surface area contributed by atoms with E-state index in [0.717, 1.165) is 43.0 Å². The minimum Gasteiger partial charge on any atom is -0.351 e. The lowest BCUT2D eigenvalue weighted by Gasteiger charge is -2.31. The molecule has 1 aliphatic heterocycles. The summed E-state index contributed by atoms with van der Waals surface area (Å²) >= 11 is 0. The molecule has 0 saturated carbocycles. The van der Waals surface area contributed by atoms with E-state index in [9.17, 15) is 0 Å². The number of aryl methyl sites for hydroxylation is 3. The van der Waals surface area contributed by atoms with Crippen LogP contribution >= 0.6 is 0 Å². The molecule has 3 rings (SSSR count). The lowest BCUT2D eigenvalue weighted by molar-refractivity contribution is -0.137. The number of ether oxygens (including phenoxy) is 2. The number of piperidine rings is 1. The van der Waals surface area contributed by atoms with Gasteiger partial charge in [-0.1, -0.05) is 29.3 Å². The van der Waals surface area contributed by atoms with Crippen LogP contribution in [-0.2, 0) is 21.7 Å². The second-order valence-corrected chi connectivity index (χ2v) is 8.36. The van der Waals surface area contributed by atoms with E-state index in [4.69, 9.17) is 14.5 Å². The van der Waals surface area contributed by atoms with Crippen molar-refractivity contribution >= 4 is 0 Å². The zero-order valence-corrected chi connectivity index (χ0v) is 17.8. The number of hydrogen-bond donors (Lipinski definition) is 1. The first-order valence-corrected chi connectivity index (χ1v) is 10.2. The second kappa shape index (κ2) is 9.12. The quantitative estimate of drug-likeness (QED) is 0.571. The topological polar surface area (TPSA) is 56.3 Å². The van der Waals surface area contributed by atoms with Crippen LogP contribution in [0.5, 0.6) is 0 Å².